The van der Waals surface area contributed by atoms with Crippen molar-refractivity contribution < 1.29 is 18.0 Å². The quantitative estimate of drug-likeness (QED) is 0.498. The number of hydrogen-bond acceptors (Lipinski definition) is 4. The Morgan fingerprint density at radius 2 is 1.96 bits per heavy atom. The Morgan fingerprint density at radius 1 is 1.29 bits per heavy atom. The average Bonchev–Trinajstić information content (AvgIpc) is 3.03. The van der Waals surface area contributed by atoms with Gasteiger partial charge < -0.3 is 5.32 Å². The minimum absolute atomic E-state index is 0.00200. The molecule has 0 fully saturated rings. The molecule has 24 heavy (non-hydrogen) atoms. The molecule has 2 aromatic rings. The fourth-order valence-electron chi connectivity index (χ4n) is 2.17. The van der Waals surface area contributed by atoms with E-state index in [1.165, 1.54) is 0 Å². The summed E-state index contributed by atoms with van der Waals surface area (Å²) in [5.74, 6) is -1.21. The van der Waals surface area contributed by atoms with Gasteiger partial charge in [-0.05, 0) is 19.4 Å². The van der Waals surface area contributed by atoms with Crippen LogP contribution in [0.5, 0.6) is 0 Å². The molecule has 1 aromatic heterocycles. The third-order valence-corrected chi connectivity index (χ3v) is 3.36. The van der Waals surface area contributed by atoms with Crippen molar-refractivity contribution in [3.63, 3.8) is 0 Å². The van der Waals surface area contributed by atoms with Crippen LogP contribution in [-0.2, 0) is 16.5 Å². The van der Waals surface area contributed by atoms with Crippen LogP contribution in [0.3, 0.4) is 0 Å². The molecule has 0 atom stereocenters. The van der Waals surface area contributed by atoms with Crippen molar-refractivity contribution in [1.82, 2.24) is 20.1 Å². The Morgan fingerprint density at radius 3 is 2.50 bits per heavy atom. The van der Waals surface area contributed by atoms with Gasteiger partial charge in [-0.25, -0.2) is 9.67 Å². The molecule has 0 aliphatic heterocycles. The van der Waals surface area contributed by atoms with Crippen LogP contribution in [0.1, 0.15) is 25.2 Å². The third kappa shape index (κ3) is 3.79. The fourth-order valence-corrected chi connectivity index (χ4v) is 2.17. The van der Waals surface area contributed by atoms with Gasteiger partial charge in [0.25, 0.3) is 5.82 Å². The lowest BCUT2D eigenvalue weighted by atomic mass is 9.92. The Balaban J connectivity index is 2.45. The zero-order valence-corrected chi connectivity index (χ0v) is 13.1. The zero-order chi connectivity index (χ0) is 17.8. The standard InChI is InChI=1S/C15H16F3N5O/c1-14(2,23-9-21-13(22-23)15(16,17)18)12(20-8-19-10-24)11-6-4-3-5-7-11/h3-7,9-10H,8H2,1-2H3,(H,19,24)/b20-12+. The van der Waals surface area contributed by atoms with E-state index in [0.717, 1.165) is 11.0 Å². The SMILES string of the molecule is CC(C)(/C(=N/CNC=O)c1ccccc1)n1cnc(C(F)(F)F)n1. The number of carbonyl (C=O) groups excluding carboxylic acids is 1. The molecule has 0 spiro atoms. The topological polar surface area (TPSA) is 72.2 Å². The van der Waals surface area contributed by atoms with Gasteiger partial charge in [-0.2, -0.15) is 13.2 Å². The summed E-state index contributed by atoms with van der Waals surface area (Å²) in [6.07, 6.45) is -3.10. The van der Waals surface area contributed by atoms with Gasteiger partial charge >= 0.3 is 6.18 Å². The fraction of sp³-hybridized carbons (Fsp3) is 0.333. The molecule has 0 saturated heterocycles. The molecule has 0 radical (unpaired) electrons. The van der Waals surface area contributed by atoms with Gasteiger partial charge in [0.05, 0.1) is 5.71 Å². The summed E-state index contributed by atoms with van der Waals surface area (Å²) in [5.41, 5.74) is 0.165. The predicted octanol–water partition coefficient (Wildman–Crippen LogP) is 2.22. The Kier molecular flexibility index (Phi) is 5.01. The molecule has 1 heterocycles. The molecule has 1 aromatic carbocycles. The van der Waals surface area contributed by atoms with Crippen molar-refractivity contribution in [2.24, 2.45) is 4.99 Å². The monoisotopic (exact) mass is 339 g/mol. The van der Waals surface area contributed by atoms with Crippen molar-refractivity contribution in [3.05, 3.63) is 48.0 Å². The van der Waals surface area contributed by atoms with Crippen molar-refractivity contribution in [1.29, 1.82) is 0 Å². The first-order chi connectivity index (χ1) is 11.3. The van der Waals surface area contributed by atoms with Crippen LogP contribution in [0.2, 0.25) is 0 Å². The van der Waals surface area contributed by atoms with Gasteiger partial charge in [0.1, 0.15) is 18.5 Å². The van der Waals surface area contributed by atoms with E-state index in [2.05, 4.69) is 20.4 Å². The van der Waals surface area contributed by atoms with E-state index < -0.39 is 17.5 Å². The Hall–Kier alpha value is -2.71. The lowest BCUT2D eigenvalue weighted by Crippen LogP contribution is -2.38. The predicted molar refractivity (Wildman–Crippen MR) is 81.4 cm³/mol. The zero-order valence-electron chi connectivity index (χ0n) is 13.1. The van der Waals surface area contributed by atoms with Gasteiger partial charge in [0, 0.05) is 0 Å². The van der Waals surface area contributed by atoms with Crippen LogP contribution in [0.15, 0.2) is 41.7 Å². The van der Waals surface area contributed by atoms with Crippen molar-refractivity contribution >= 4 is 12.1 Å². The minimum Gasteiger partial charge on any atom is -0.339 e. The molecule has 6 nitrogen and oxygen atoms in total. The summed E-state index contributed by atoms with van der Waals surface area (Å²) in [5, 5.41) is 5.95. The highest BCUT2D eigenvalue weighted by molar-refractivity contribution is 6.05. The first kappa shape index (κ1) is 17.6. The van der Waals surface area contributed by atoms with Crippen LogP contribution in [0.4, 0.5) is 13.2 Å². The highest BCUT2D eigenvalue weighted by Gasteiger charge is 2.38. The van der Waals surface area contributed by atoms with Crippen molar-refractivity contribution in [2.45, 2.75) is 25.6 Å². The first-order valence-electron chi connectivity index (χ1n) is 7.03. The van der Waals surface area contributed by atoms with E-state index >= 15 is 0 Å². The maximum atomic E-state index is 12.7. The number of aliphatic imine (C=N–C) groups is 1. The molecule has 9 heteroatoms. The second kappa shape index (κ2) is 6.81. The van der Waals surface area contributed by atoms with E-state index in [1.54, 1.807) is 38.1 Å². The molecule has 0 bridgehead atoms. The number of alkyl halides is 3. The Labute approximate surface area is 136 Å². The van der Waals surface area contributed by atoms with E-state index in [4.69, 9.17) is 0 Å². The first-order valence-corrected chi connectivity index (χ1v) is 7.03. The maximum Gasteiger partial charge on any atom is 0.453 e. The smallest absolute Gasteiger partial charge is 0.339 e. The van der Waals surface area contributed by atoms with Gasteiger partial charge in [-0.1, -0.05) is 30.3 Å². The second-order valence-electron chi connectivity index (χ2n) is 5.42. The molecule has 1 N–H and O–H groups in total. The van der Waals surface area contributed by atoms with E-state index in [-0.39, 0.29) is 6.67 Å². The van der Waals surface area contributed by atoms with Crippen LogP contribution in [0.25, 0.3) is 0 Å². The molecular weight excluding hydrogens is 323 g/mol. The number of rotatable bonds is 6. The summed E-state index contributed by atoms with van der Waals surface area (Å²) in [7, 11) is 0. The molecule has 0 unspecified atom stereocenters. The lowest BCUT2D eigenvalue weighted by molar-refractivity contribution is -0.145. The second-order valence-corrected chi connectivity index (χ2v) is 5.42. The summed E-state index contributed by atoms with van der Waals surface area (Å²) in [6.45, 7) is 3.35. The molecule has 128 valence electrons. The number of hydrogen-bond donors (Lipinski definition) is 1. The minimum atomic E-state index is -4.62. The van der Waals surface area contributed by atoms with E-state index in [9.17, 15) is 18.0 Å². The van der Waals surface area contributed by atoms with Crippen LogP contribution < -0.4 is 5.32 Å². The van der Waals surface area contributed by atoms with Crippen molar-refractivity contribution in [3.8, 4) is 0 Å². The third-order valence-electron chi connectivity index (χ3n) is 3.36. The molecule has 1 amide bonds. The van der Waals surface area contributed by atoms with Gasteiger partial charge in [-0.15, -0.1) is 5.10 Å². The molecule has 0 saturated carbocycles. The van der Waals surface area contributed by atoms with Gasteiger partial charge in [0.15, 0.2) is 0 Å². The largest absolute Gasteiger partial charge is 0.453 e. The van der Waals surface area contributed by atoms with Gasteiger partial charge in [0.2, 0.25) is 6.41 Å². The summed E-state index contributed by atoms with van der Waals surface area (Å²) < 4.78 is 39.3. The number of carbonyl (C=O) groups is 1. The van der Waals surface area contributed by atoms with Crippen LogP contribution >= 0.6 is 0 Å². The number of nitrogens with zero attached hydrogens (tertiary/aromatic N) is 4. The number of benzene rings is 1. The number of aromatic nitrogens is 3. The lowest BCUT2D eigenvalue weighted by Gasteiger charge is -2.27. The normalized spacial score (nSPS) is 13.0. The van der Waals surface area contributed by atoms with Crippen LogP contribution in [0, 0.1) is 0 Å². The maximum absolute atomic E-state index is 12.7. The molecule has 0 aliphatic rings. The molecule has 0 aliphatic carbocycles. The number of halogens is 3. The molecule has 2 rings (SSSR count). The highest BCUT2D eigenvalue weighted by atomic mass is 19.4. The summed E-state index contributed by atoms with van der Waals surface area (Å²) in [6, 6.07) is 8.95. The molecular formula is C15H16F3N5O. The van der Waals surface area contributed by atoms with E-state index in [1.807, 2.05) is 6.07 Å². The number of nitrogens with one attached hydrogen (secondary N) is 1. The number of amides is 1. The average molecular weight is 339 g/mol. The van der Waals surface area contributed by atoms with Gasteiger partial charge in [-0.3, -0.25) is 9.79 Å². The summed E-state index contributed by atoms with van der Waals surface area (Å²) >= 11 is 0. The summed E-state index contributed by atoms with van der Waals surface area (Å²) in [4.78, 5) is 18.1. The van der Waals surface area contributed by atoms with Crippen molar-refractivity contribution in [2.75, 3.05) is 6.67 Å². The highest BCUT2D eigenvalue weighted by Crippen LogP contribution is 2.28. The van der Waals surface area contributed by atoms with E-state index in [0.29, 0.717) is 17.7 Å². The Bertz CT molecular complexity index is 722. The van der Waals surface area contributed by atoms with Crippen LogP contribution in [-0.4, -0.2) is 33.6 Å².